The minimum atomic E-state index is -4.48. The Hall–Kier alpha value is -0.680. The molecule has 16 heavy (non-hydrogen) atoms. The third-order valence-corrected chi connectivity index (χ3v) is 4.19. The fourth-order valence-corrected chi connectivity index (χ4v) is 2.73. The minimum Gasteiger partial charge on any atom is -0.441 e. The van der Waals surface area contributed by atoms with E-state index in [-0.39, 0.29) is 11.1 Å². The summed E-state index contributed by atoms with van der Waals surface area (Å²) in [6.45, 7) is 1.78. The first kappa shape index (κ1) is 11.8. The van der Waals surface area contributed by atoms with Gasteiger partial charge in [-0.2, -0.15) is 0 Å². The Morgan fingerprint density at radius 1 is 1.44 bits per heavy atom. The second-order valence-electron chi connectivity index (χ2n) is 3.54. The highest BCUT2D eigenvalue weighted by molar-refractivity contribution is 9.10. The zero-order valence-electron chi connectivity index (χ0n) is 8.18. The Balaban J connectivity index is 2.63. The first-order valence-corrected chi connectivity index (χ1v) is 6.84. The van der Waals surface area contributed by atoms with E-state index in [9.17, 15) is 9.36 Å². The van der Waals surface area contributed by atoms with E-state index in [0.717, 1.165) is 5.56 Å². The van der Waals surface area contributed by atoms with Crippen molar-refractivity contribution in [1.29, 1.82) is 0 Å². The first-order valence-electron chi connectivity index (χ1n) is 4.37. The van der Waals surface area contributed by atoms with Crippen molar-refractivity contribution in [1.82, 2.24) is 0 Å². The summed E-state index contributed by atoms with van der Waals surface area (Å²) >= 11 is 3.24. The molecule has 1 heterocycles. The summed E-state index contributed by atoms with van der Waals surface area (Å²) in [6, 6.07) is 3.07. The summed E-state index contributed by atoms with van der Waals surface area (Å²) in [4.78, 5) is 29.5. The Labute approximate surface area is 99.7 Å². The topological polar surface area (TPSA) is 83.8 Å². The van der Waals surface area contributed by atoms with Crippen molar-refractivity contribution in [3.05, 3.63) is 33.3 Å². The molecule has 0 bridgehead atoms. The van der Waals surface area contributed by atoms with E-state index >= 15 is 0 Å². The molecule has 0 aliphatic carbocycles. The van der Waals surface area contributed by atoms with E-state index in [0.29, 0.717) is 4.47 Å². The molecule has 5 nitrogen and oxygen atoms in total. The number of aryl methyl sites for hydroxylation is 1. The highest BCUT2D eigenvalue weighted by Gasteiger charge is 2.42. The standard InChI is InChI=1S/C9H8BrO5P/c1-4-2-5-6(3-7(4)10)9(15-8(5)11)16(12,13)14/h2-3,9H,1H3,(H2,12,13,14). The number of esters is 1. The molecule has 0 radical (unpaired) electrons. The summed E-state index contributed by atoms with van der Waals surface area (Å²) in [5.74, 6) is -2.18. The number of rotatable bonds is 1. The van der Waals surface area contributed by atoms with Crippen molar-refractivity contribution in [3.8, 4) is 0 Å². The molecule has 2 rings (SSSR count). The van der Waals surface area contributed by atoms with Gasteiger partial charge in [0.2, 0.25) is 5.85 Å². The van der Waals surface area contributed by atoms with Gasteiger partial charge in [0.05, 0.1) is 5.56 Å². The Morgan fingerprint density at radius 2 is 2.06 bits per heavy atom. The van der Waals surface area contributed by atoms with E-state index in [1.54, 1.807) is 13.0 Å². The number of carbonyl (C=O) groups is 1. The van der Waals surface area contributed by atoms with Gasteiger partial charge in [-0.1, -0.05) is 15.9 Å². The van der Waals surface area contributed by atoms with Crippen molar-refractivity contribution in [3.63, 3.8) is 0 Å². The zero-order chi connectivity index (χ0) is 12.1. The molecule has 1 aliphatic rings. The molecule has 0 aromatic heterocycles. The molecule has 1 aliphatic heterocycles. The highest BCUT2D eigenvalue weighted by atomic mass is 79.9. The molecule has 0 amide bonds. The van der Waals surface area contributed by atoms with Gasteiger partial charge in [0.25, 0.3) is 0 Å². The van der Waals surface area contributed by atoms with Crippen LogP contribution in [0.3, 0.4) is 0 Å². The number of cyclic esters (lactones) is 1. The van der Waals surface area contributed by atoms with Crippen LogP contribution in [0.25, 0.3) is 0 Å². The molecule has 0 saturated heterocycles. The molecule has 7 heteroatoms. The quantitative estimate of drug-likeness (QED) is 0.613. The SMILES string of the molecule is Cc1cc2c(cc1Br)C(P(=O)(O)O)OC2=O. The van der Waals surface area contributed by atoms with Crippen molar-refractivity contribution in [2.45, 2.75) is 12.8 Å². The fraction of sp³-hybridized carbons (Fsp3) is 0.222. The zero-order valence-corrected chi connectivity index (χ0v) is 10.7. The van der Waals surface area contributed by atoms with E-state index in [1.807, 2.05) is 0 Å². The fourth-order valence-electron chi connectivity index (χ4n) is 1.56. The maximum atomic E-state index is 11.4. The number of carbonyl (C=O) groups excluding carboxylic acids is 1. The predicted octanol–water partition coefficient (Wildman–Crippen LogP) is 2.10. The second-order valence-corrected chi connectivity index (χ2v) is 6.04. The molecule has 0 saturated carbocycles. The number of hydrogen-bond acceptors (Lipinski definition) is 3. The summed E-state index contributed by atoms with van der Waals surface area (Å²) in [5.41, 5.74) is 1.26. The normalized spacial score (nSPS) is 19.5. The first-order chi connectivity index (χ1) is 7.30. The third-order valence-electron chi connectivity index (χ3n) is 2.34. The lowest BCUT2D eigenvalue weighted by molar-refractivity contribution is 0.0471. The van der Waals surface area contributed by atoms with E-state index in [4.69, 9.17) is 9.79 Å². The molecule has 1 unspecified atom stereocenters. The van der Waals surface area contributed by atoms with Crippen LogP contribution in [0.15, 0.2) is 16.6 Å². The van der Waals surface area contributed by atoms with Crippen LogP contribution in [0.1, 0.15) is 27.3 Å². The van der Waals surface area contributed by atoms with Gasteiger partial charge in [-0.15, -0.1) is 0 Å². The van der Waals surface area contributed by atoms with Gasteiger partial charge in [0.15, 0.2) is 0 Å². The summed E-state index contributed by atoms with van der Waals surface area (Å²) in [6.07, 6.45) is 0. The van der Waals surface area contributed by atoms with Crippen molar-refractivity contribution in [2.24, 2.45) is 0 Å². The van der Waals surface area contributed by atoms with Gasteiger partial charge in [-0.25, -0.2) is 4.79 Å². The number of ether oxygens (including phenoxy) is 1. The van der Waals surface area contributed by atoms with Crippen LogP contribution in [0.5, 0.6) is 0 Å². The summed E-state index contributed by atoms with van der Waals surface area (Å²) in [7, 11) is -4.48. The highest BCUT2D eigenvalue weighted by Crippen LogP contribution is 2.56. The molecule has 1 aromatic rings. The third kappa shape index (κ3) is 1.82. The van der Waals surface area contributed by atoms with Gasteiger partial charge < -0.3 is 14.5 Å². The van der Waals surface area contributed by atoms with Crippen LogP contribution < -0.4 is 0 Å². The molecular weight excluding hydrogens is 299 g/mol. The number of halogens is 1. The van der Waals surface area contributed by atoms with Crippen LogP contribution in [0, 0.1) is 6.92 Å². The predicted molar refractivity (Wildman–Crippen MR) is 59.1 cm³/mol. The molecule has 1 atom stereocenters. The van der Waals surface area contributed by atoms with Crippen molar-refractivity contribution in [2.75, 3.05) is 0 Å². The Kier molecular flexibility index (Phi) is 2.70. The van der Waals surface area contributed by atoms with Crippen LogP contribution in [-0.2, 0) is 9.30 Å². The average Bonchev–Trinajstić information content (AvgIpc) is 2.45. The maximum Gasteiger partial charge on any atom is 0.370 e. The lowest BCUT2D eigenvalue weighted by atomic mass is 10.1. The van der Waals surface area contributed by atoms with Gasteiger partial charge in [0.1, 0.15) is 0 Å². The maximum absolute atomic E-state index is 11.4. The number of hydrogen-bond donors (Lipinski definition) is 2. The van der Waals surface area contributed by atoms with Crippen LogP contribution in [0.4, 0.5) is 0 Å². The van der Waals surface area contributed by atoms with Crippen LogP contribution in [-0.4, -0.2) is 15.8 Å². The van der Waals surface area contributed by atoms with Gasteiger partial charge in [-0.3, -0.25) is 4.57 Å². The lowest BCUT2D eigenvalue weighted by Crippen LogP contribution is -1.99. The minimum absolute atomic E-state index is 0.217. The monoisotopic (exact) mass is 306 g/mol. The van der Waals surface area contributed by atoms with Crippen molar-refractivity contribution >= 4 is 29.5 Å². The lowest BCUT2D eigenvalue weighted by Gasteiger charge is -2.12. The molecule has 2 N–H and O–H groups in total. The Bertz CT molecular complexity index is 521. The number of benzene rings is 1. The van der Waals surface area contributed by atoms with E-state index < -0.39 is 19.4 Å². The second kappa shape index (κ2) is 3.67. The van der Waals surface area contributed by atoms with E-state index in [1.165, 1.54) is 6.07 Å². The average molecular weight is 307 g/mol. The van der Waals surface area contributed by atoms with Crippen LogP contribution in [0.2, 0.25) is 0 Å². The van der Waals surface area contributed by atoms with Crippen LogP contribution >= 0.6 is 23.5 Å². The van der Waals surface area contributed by atoms with Crippen molar-refractivity contribution < 1.29 is 23.9 Å². The molecule has 0 spiro atoms. The molecular formula is C9H8BrO5P. The Morgan fingerprint density at radius 3 is 2.62 bits per heavy atom. The molecule has 0 fully saturated rings. The largest absolute Gasteiger partial charge is 0.441 e. The van der Waals surface area contributed by atoms with Gasteiger partial charge in [-0.05, 0) is 24.6 Å². The van der Waals surface area contributed by atoms with Gasteiger partial charge in [0, 0.05) is 10.0 Å². The summed E-state index contributed by atoms with van der Waals surface area (Å²) in [5, 5.41) is 0. The van der Waals surface area contributed by atoms with E-state index in [2.05, 4.69) is 20.7 Å². The molecule has 86 valence electrons. The smallest absolute Gasteiger partial charge is 0.370 e. The molecule has 1 aromatic carbocycles. The van der Waals surface area contributed by atoms with Gasteiger partial charge >= 0.3 is 13.6 Å². The number of fused-ring (bicyclic) bond motifs is 1. The summed E-state index contributed by atoms with van der Waals surface area (Å²) < 4.78 is 16.5.